The Morgan fingerprint density at radius 3 is 2.86 bits per heavy atom. The molecule has 72 valence electrons. The molecule has 0 atom stereocenters. The van der Waals surface area contributed by atoms with Crippen molar-refractivity contribution < 1.29 is 4.79 Å². The summed E-state index contributed by atoms with van der Waals surface area (Å²) in [6, 6.07) is 7.16. The standard InChI is InChI=1S/C10H11N3O/c1-7-2-8(5-11)4-9(3-7)13-10(14)6-12/h2-4H,6,12H2,1H3,(H,13,14). The fourth-order valence-electron chi connectivity index (χ4n) is 1.13. The Kier molecular flexibility index (Phi) is 3.21. The summed E-state index contributed by atoms with van der Waals surface area (Å²) in [4.78, 5) is 11.0. The molecule has 1 amide bonds. The number of amides is 1. The quantitative estimate of drug-likeness (QED) is 0.721. The van der Waals surface area contributed by atoms with E-state index in [1.54, 1.807) is 18.2 Å². The smallest absolute Gasteiger partial charge is 0.238 e. The molecule has 0 aliphatic rings. The van der Waals surface area contributed by atoms with Crippen LogP contribution in [-0.4, -0.2) is 12.5 Å². The molecule has 0 aromatic heterocycles. The summed E-state index contributed by atoms with van der Waals surface area (Å²) in [6.07, 6.45) is 0. The zero-order chi connectivity index (χ0) is 10.6. The minimum Gasteiger partial charge on any atom is -0.325 e. The fraction of sp³-hybridized carbons (Fsp3) is 0.200. The van der Waals surface area contributed by atoms with Crippen molar-refractivity contribution in [1.29, 1.82) is 5.26 Å². The van der Waals surface area contributed by atoms with Gasteiger partial charge in [0, 0.05) is 5.69 Å². The molecule has 0 unspecified atom stereocenters. The highest BCUT2D eigenvalue weighted by molar-refractivity contribution is 5.92. The van der Waals surface area contributed by atoms with E-state index in [1.165, 1.54) is 0 Å². The fourth-order valence-corrected chi connectivity index (χ4v) is 1.13. The maximum Gasteiger partial charge on any atom is 0.238 e. The van der Waals surface area contributed by atoms with Crippen molar-refractivity contribution in [3.8, 4) is 6.07 Å². The van der Waals surface area contributed by atoms with Crippen molar-refractivity contribution in [3.63, 3.8) is 0 Å². The zero-order valence-corrected chi connectivity index (χ0v) is 7.87. The van der Waals surface area contributed by atoms with Gasteiger partial charge in [0.1, 0.15) is 0 Å². The van der Waals surface area contributed by atoms with Gasteiger partial charge in [0.25, 0.3) is 0 Å². The van der Waals surface area contributed by atoms with Crippen molar-refractivity contribution >= 4 is 11.6 Å². The van der Waals surface area contributed by atoms with Crippen LogP contribution in [0.5, 0.6) is 0 Å². The van der Waals surface area contributed by atoms with Crippen LogP contribution in [0.4, 0.5) is 5.69 Å². The number of hydrogen-bond acceptors (Lipinski definition) is 3. The van der Waals surface area contributed by atoms with Crippen molar-refractivity contribution in [2.75, 3.05) is 11.9 Å². The summed E-state index contributed by atoms with van der Waals surface area (Å²) in [7, 11) is 0. The molecule has 1 aromatic carbocycles. The molecular formula is C10H11N3O. The van der Waals surface area contributed by atoms with Gasteiger partial charge in [-0.3, -0.25) is 4.79 Å². The lowest BCUT2D eigenvalue weighted by Gasteiger charge is -2.04. The van der Waals surface area contributed by atoms with Crippen molar-refractivity contribution in [1.82, 2.24) is 0 Å². The normalized spacial score (nSPS) is 9.21. The molecule has 0 saturated heterocycles. The third-order valence-electron chi connectivity index (χ3n) is 1.68. The van der Waals surface area contributed by atoms with Gasteiger partial charge in [-0.25, -0.2) is 0 Å². The number of nitrogens with two attached hydrogens (primary N) is 1. The number of nitrogens with one attached hydrogen (secondary N) is 1. The monoisotopic (exact) mass is 189 g/mol. The summed E-state index contributed by atoms with van der Waals surface area (Å²) in [5.41, 5.74) is 7.21. The molecule has 0 heterocycles. The van der Waals surface area contributed by atoms with Crippen LogP contribution >= 0.6 is 0 Å². The highest BCUT2D eigenvalue weighted by Crippen LogP contribution is 2.13. The summed E-state index contributed by atoms with van der Waals surface area (Å²) in [6.45, 7) is 1.80. The van der Waals surface area contributed by atoms with Gasteiger partial charge in [0.05, 0.1) is 18.2 Å². The van der Waals surface area contributed by atoms with Gasteiger partial charge in [-0.1, -0.05) is 0 Å². The molecule has 0 fully saturated rings. The highest BCUT2D eigenvalue weighted by Gasteiger charge is 2.01. The van der Waals surface area contributed by atoms with Crippen LogP contribution in [0.1, 0.15) is 11.1 Å². The average Bonchev–Trinajstić information content (AvgIpc) is 2.16. The second-order valence-electron chi connectivity index (χ2n) is 2.95. The number of nitriles is 1. The second-order valence-corrected chi connectivity index (χ2v) is 2.95. The molecule has 0 spiro atoms. The number of carbonyl (C=O) groups excluding carboxylic acids is 1. The molecule has 3 N–H and O–H groups in total. The topological polar surface area (TPSA) is 78.9 Å². The van der Waals surface area contributed by atoms with Gasteiger partial charge in [0.2, 0.25) is 5.91 Å². The van der Waals surface area contributed by atoms with Crippen molar-refractivity contribution in [2.45, 2.75) is 6.92 Å². The van der Waals surface area contributed by atoms with Crippen LogP contribution in [0.3, 0.4) is 0 Å². The van der Waals surface area contributed by atoms with Crippen molar-refractivity contribution in [2.24, 2.45) is 5.73 Å². The number of hydrogen-bond donors (Lipinski definition) is 2. The minimum atomic E-state index is -0.264. The predicted molar refractivity (Wildman–Crippen MR) is 53.6 cm³/mol. The number of carbonyl (C=O) groups is 1. The van der Waals surface area contributed by atoms with E-state index in [0.29, 0.717) is 11.3 Å². The maximum absolute atomic E-state index is 11.0. The third-order valence-corrected chi connectivity index (χ3v) is 1.68. The minimum absolute atomic E-state index is 0.0597. The number of nitrogens with zero attached hydrogens (tertiary/aromatic N) is 1. The van der Waals surface area contributed by atoms with Gasteiger partial charge in [-0.15, -0.1) is 0 Å². The highest BCUT2D eigenvalue weighted by atomic mass is 16.1. The first-order chi connectivity index (χ1) is 6.65. The van der Waals surface area contributed by atoms with Crippen LogP contribution in [0.25, 0.3) is 0 Å². The lowest BCUT2D eigenvalue weighted by atomic mass is 10.1. The molecule has 0 aliphatic heterocycles. The average molecular weight is 189 g/mol. The van der Waals surface area contributed by atoms with Gasteiger partial charge < -0.3 is 11.1 Å². The summed E-state index contributed by atoms with van der Waals surface area (Å²) in [5, 5.41) is 11.3. The van der Waals surface area contributed by atoms with E-state index in [4.69, 9.17) is 11.0 Å². The number of aryl methyl sites for hydroxylation is 1. The van der Waals surface area contributed by atoms with Gasteiger partial charge >= 0.3 is 0 Å². The first-order valence-corrected chi connectivity index (χ1v) is 4.17. The first-order valence-electron chi connectivity index (χ1n) is 4.17. The molecule has 14 heavy (non-hydrogen) atoms. The van der Waals surface area contributed by atoms with E-state index in [2.05, 4.69) is 5.32 Å². The van der Waals surface area contributed by atoms with Crippen LogP contribution < -0.4 is 11.1 Å². The summed E-state index contributed by atoms with van der Waals surface area (Å²) in [5.74, 6) is -0.264. The third kappa shape index (κ3) is 2.57. The molecule has 0 bridgehead atoms. The first kappa shape index (κ1) is 10.2. The molecule has 0 radical (unpaired) electrons. The number of benzene rings is 1. The van der Waals surface area contributed by atoms with E-state index < -0.39 is 0 Å². The van der Waals surface area contributed by atoms with Gasteiger partial charge in [0.15, 0.2) is 0 Å². The Morgan fingerprint density at radius 1 is 1.57 bits per heavy atom. The largest absolute Gasteiger partial charge is 0.325 e. The van der Waals surface area contributed by atoms with E-state index in [-0.39, 0.29) is 12.5 Å². The molecule has 4 heteroatoms. The van der Waals surface area contributed by atoms with E-state index in [0.717, 1.165) is 5.56 Å². The molecular weight excluding hydrogens is 178 g/mol. The van der Waals surface area contributed by atoms with E-state index in [9.17, 15) is 4.79 Å². The Balaban J connectivity index is 2.93. The van der Waals surface area contributed by atoms with Gasteiger partial charge in [-0.2, -0.15) is 5.26 Å². The lowest BCUT2D eigenvalue weighted by molar-refractivity contribution is -0.114. The molecule has 0 aliphatic carbocycles. The van der Waals surface area contributed by atoms with Gasteiger partial charge in [-0.05, 0) is 30.7 Å². The SMILES string of the molecule is Cc1cc(C#N)cc(NC(=O)CN)c1. The Labute approximate surface area is 82.3 Å². The summed E-state index contributed by atoms with van der Waals surface area (Å²) >= 11 is 0. The lowest BCUT2D eigenvalue weighted by Crippen LogP contribution is -2.21. The zero-order valence-electron chi connectivity index (χ0n) is 7.87. The second kappa shape index (κ2) is 4.40. The Bertz CT molecular complexity index is 393. The molecule has 4 nitrogen and oxygen atoms in total. The molecule has 1 aromatic rings. The predicted octanol–water partition coefficient (Wildman–Crippen LogP) is 0.764. The van der Waals surface area contributed by atoms with Crippen LogP contribution in [0.2, 0.25) is 0 Å². The van der Waals surface area contributed by atoms with E-state index >= 15 is 0 Å². The molecule has 0 saturated carbocycles. The molecule has 1 rings (SSSR count). The van der Waals surface area contributed by atoms with E-state index in [1.807, 2.05) is 13.0 Å². The Morgan fingerprint density at radius 2 is 2.29 bits per heavy atom. The maximum atomic E-state index is 11.0. The summed E-state index contributed by atoms with van der Waals surface area (Å²) < 4.78 is 0. The number of rotatable bonds is 2. The van der Waals surface area contributed by atoms with Crippen molar-refractivity contribution in [3.05, 3.63) is 29.3 Å². The number of anilines is 1. The Hall–Kier alpha value is -1.86. The van der Waals surface area contributed by atoms with Crippen LogP contribution in [0.15, 0.2) is 18.2 Å². The van der Waals surface area contributed by atoms with Crippen LogP contribution in [-0.2, 0) is 4.79 Å². The van der Waals surface area contributed by atoms with Crippen LogP contribution in [0, 0.1) is 18.3 Å².